The molecule has 0 radical (unpaired) electrons. The van der Waals surface area contributed by atoms with E-state index < -0.39 is 0 Å². The highest BCUT2D eigenvalue weighted by molar-refractivity contribution is 5.74. The lowest BCUT2D eigenvalue weighted by molar-refractivity contribution is -0.157. The number of carbonyl (C=O) groups is 1. The summed E-state index contributed by atoms with van der Waals surface area (Å²) in [6.45, 7) is 7.16. The first-order valence-electron chi connectivity index (χ1n) is 6.76. The Morgan fingerprint density at radius 1 is 1.47 bits per heavy atom. The van der Waals surface area contributed by atoms with E-state index in [1.54, 1.807) is 0 Å². The van der Waals surface area contributed by atoms with E-state index in [0.29, 0.717) is 19.1 Å². The van der Waals surface area contributed by atoms with Crippen LogP contribution in [0.2, 0.25) is 0 Å². The second-order valence-corrected chi connectivity index (χ2v) is 4.55. The van der Waals surface area contributed by atoms with Crippen LogP contribution in [0.3, 0.4) is 0 Å². The Balaban J connectivity index is 2.20. The Morgan fingerprint density at radius 3 is 2.88 bits per heavy atom. The summed E-state index contributed by atoms with van der Waals surface area (Å²) in [5, 5.41) is 3.33. The van der Waals surface area contributed by atoms with Gasteiger partial charge in [0.15, 0.2) is 6.10 Å². The molecule has 0 aliphatic carbocycles. The predicted molar refractivity (Wildman–Crippen MR) is 66.9 cm³/mol. The molecule has 1 heterocycles. The van der Waals surface area contributed by atoms with Crippen LogP contribution < -0.4 is 5.32 Å². The molecule has 2 unspecified atom stereocenters. The van der Waals surface area contributed by atoms with Crippen LogP contribution in [0.5, 0.6) is 0 Å². The number of esters is 1. The van der Waals surface area contributed by atoms with E-state index >= 15 is 0 Å². The SMILES string of the molecule is CCCC(OCCC1CCNC1)C(=O)OCC. The van der Waals surface area contributed by atoms with Crippen molar-refractivity contribution in [3.63, 3.8) is 0 Å². The maximum atomic E-state index is 11.6. The molecule has 0 saturated carbocycles. The second-order valence-electron chi connectivity index (χ2n) is 4.55. The summed E-state index contributed by atoms with van der Waals surface area (Å²) < 4.78 is 10.7. The lowest BCUT2D eigenvalue weighted by Gasteiger charge is -2.16. The first-order chi connectivity index (χ1) is 8.27. The number of rotatable bonds is 8. The molecule has 1 fully saturated rings. The molecule has 0 spiro atoms. The van der Waals surface area contributed by atoms with E-state index in [1.807, 2.05) is 6.92 Å². The van der Waals surface area contributed by atoms with E-state index in [4.69, 9.17) is 9.47 Å². The van der Waals surface area contributed by atoms with Crippen molar-refractivity contribution in [2.45, 2.75) is 45.6 Å². The standard InChI is InChI=1S/C13H25NO3/c1-3-5-12(13(15)16-4-2)17-9-7-11-6-8-14-10-11/h11-12,14H,3-10H2,1-2H3. The molecule has 0 amide bonds. The Kier molecular flexibility index (Phi) is 7.21. The summed E-state index contributed by atoms with van der Waals surface area (Å²) in [4.78, 5) is 11.6. The zero-order valence-corrected chi connectivity index (χ0v) is 11.0. The Bertz CT molecular complexity index is 215. The fraction of sp³-hybridized carbons (Fsp3) is 0.923. The van der Waals surface area contributed by atoms with Gasteiger partial charge in [-0.15, -0.1) is 0 Å². The summed E-state index contributed by atoms with van der Waals surface area (Å²) in [5.41, 5.74) is 0. The van der Waals surface area contributed by atoms with Gasteiger partial charge < -0.3 is 14.8 Å². The van der Waals surface area contributed by atoms with E-state index in [2.05, 4.69) is 12.2 Å². The minimum absolute atomic E-state index is 0.209. The van der Waals surface area contributed by atoms with Gasteiger partial charge in [0, 0.05) is 6.61 Å². The molecule has 4 nitrogen and oxygen atoms in total. The fourth-order valence-corrected chi connectivity index (χ4v) is 2.10. The lowest BCUT2D eigenvalue weighted by atomic mass is 10.1. The third-order valence-corrected chi connectivity index (χ3v) is 3.11. The van der Waals surface area contributed by atoms with Crippen LogP contribution in [0.1, 0.15) is 39.5 Å². The maximum absolute atomic E-state index is 11.6. The molecule has 0 aromatic rings. The van der Waals surface area contributed by atoms with Gasteiger partial charge in [-0.3, -0.25) is 0 Å². The highest BCUT2D eigenvalue weighted by Crippen LogP contribution is 2.13. The molecule has 1 saturated heterocycles. The van der Waals surface area contributed by atoms with Crippen LogP contribution in [-0.4, -0.2) is 38.4 Å². The average molecular weight is 243 g/mol. The maximum Gasteiger partial charge on any atom is 0.335 e. The zero-order valence-electron chi connectivity index (χ0n) is 11.0. The number of hydrogen-bond donors (Lipinski definition) is 1. The number of nitrogens with one attached hydrogen (secondary N) is 1. The van der Waals surface area contributed by atoms with Crippen molar-refractivity contribution in [3.8, 4) is 0 Å². The van der Waals surface area contributed by atoms with Crippen LogP contribution in [0.4, 0.5) is 0 Å². The van der Waals surface area contributed by atoms with Crippen molar-refractivity contribution in [1.82, 2.24) is 5.32 Å². The Hall–Kier alpha value is -0.610. The van der Waals surface area contributed by atoms with Gasteiger partial charge in [-0.25, -0.2) is 4.79 Å². The van der Waals surface area contributed by atoms with Crippen LogP contribution in [0.25, 0.3) is 0 Å². The molecular formula is C13H25NO3. The molecular weight excluding hydrogens is 218 g/mol. The highest BCUT2D eigenvalue weighted by atomic mass is 16.6. The Labute approximate surface area is 104 Å². The quantitative estimate of drug-likeness (QED) is 0.660. The molecule has 100 valence electrons. The fourth-order valence-electron chi connectivity index (χ4n) is 2.10. The molecule has 1 N–H and O–H groups in total. The molecule has 0 aromatic carbocycles. The molecule has 17 heavy (non-hydrogen) atoms. The lowest BCUT2D eigenvalue weighted by Crippen LogP contribution is -2.27. The van der Waals surface area contributed by atoms with Gasteiger partial charge in [0.2, 0.25) is 0 Å². The molecule has 1 aliphatic rings. The van der Waals surface area contributed by atoms with Gasteiger partial charge in [0.1, 0.15) is 0 Å². The van der Waals surface area contributed by atoms with Crippen molar-refractivity contribution in [2.24, 2.45) is 5.92 Å². The average Bonchev–Trinajstić information content (AvgIpc) is 2.81. The van der Waals surface area contributed by atoms with Crippen molar-refractivity contribution in [3.05, 3.63) is 0 Å². The third kappa shape index (κ3) is 5.50. The van der Waals surface area contributed by atoms with E-state index in [0.717, 1.165) is 32.4 Å². The first kappa shape index (κ1) is 14.5. The van der Waals surface area contributed by atoms with Gasteiger partial charge in [-0.2, -0.15) is 0 Å². The first-order valence-corrected chi connectivity index (χ1v) is 6.76. The monoisotopic (exact) mass is 243 g/mol. The van der Waals surface area contributed by atoms with Crippen LogP contribution in [-0.2, 0) is 14.3 Å². The zero-order chi connectivity index (χ0) is 12.5. The summed E-state index contributed by atoms with van der Waals surface area (Å²) in [5.74, 6) is 0.498. The van der Waals surface area contributed by atoms with Gasteiger partial charge in [0.25, 0.3) is 0 Å². The molecule has 2 atom stereocenters. The topological polar surface area (TPSA) is 47.6 Å². The Morgan fingerprint density at radius 2 is 2.29 bits per heavy atom. The molecule has 1 rings (SSSR count). The molecule has 1 aliphatic heterocycles. The number of ether oxygens (including phenoxy) is 2. The van der Waals surface area contributed by atoms with Crippen LogP contribution in [0, 0.1) is 5.92 Å². The van der Waals surface area contributed by atoms with E-state index in [1.165, 1.54) is 6.42 Å². The summed E-state index contributed by atoms with van der Waals surface area (Å²) in [7, 11) is 0. The number of hydrogen-bond acceptors (Lipinski definition) is 4. The van der Waals surface area contributed by atoms with Gasteiger partial charge in [-0.05, 0) is 45.2 Å². The van der Waals surface area contributed by atoms with Crippen molar-refractivity contribution < 1.29 is 14.3 Å². The molecule has 0 bridgehead atoms. The summed E-state index contributed by atoms with van der Waals surface area (Å²) in [6.07, 6.45) is 3.58. The smallest absolute Gasteiger partial charge is 0.335 e. The largest absolute Gasteiger partial charge is 0.464 e. The van der Waals surface area contributed by atoms with E-state index in [9.17, 15) is 4.79 Å². The molecule has 0 aromatic heterocycles. The predicted octanol–water partition coefficient (Wildman–Crippen LogP) is 1.73. The van der Waals surface area contributed by atoms with Crippen molar-refractivity contribution in [1.29, 1.82) is 0 Å². The van der Waals surface area contributed by atoms with Crippen LogP contribution >= 0.6 is 0 Å². The van der Waals surface area contributed by atoms with Crippen molar-refractivity contribution in [2.75, 3.05) is 26.3 Å². The normalized spacial score (nSPS) is 21.4. The highest BCUT2D eigenvalue weighted by Gasteiger charge is 2.20. The number of carbonyl (C=O) groups excluding carboxylic acids is 1. The third-order valence-electron chi connectivity index (χ3n) is 3.11. The van der Waals surface area contributed by atoms with Gasteiger partial charge in [0.05, 0.1) is 6.61 Å². The molecule has 4 heteroatoms. The van der Waals surface area contributed by atoms with Gasteiger partial charge >= 0.3 is 5.97 Å². The van der Waals surface area contributed by atoms with E-state index in [-0.39, 0.29) is 12.1 Å². The van der Waals surface area contributed by atoms with Gasteiger partial charge in [-0.1, -0.05) is 13.3 Å². The van der Waals surface area contributed by atoms with Crippen molar-refractivity contribution >= 4 is 5.97 Å². The minimum atomic E-state index is -0.366. The minimum Gasteiger partial charge on any atom is -0.464 e. The van der Waals surface area contributed by atoms with Crippen LogP contribution in [0.15, 0.2) is 0 Å². The summed E-state index contributed by atoms with van der Waals surface area (Å²) in [6, 6.07) is 0. The second kappa shape index (κ2) is 8.48. The summed E-state index contributed by atoms with van der Waals surface area (Å²) >= 11 is 0.